The van der Waals surface area contributed by atoms with E-state index >= 15 is 0 Å². The predicted octanol–water partition coefficient (Wildman–Crippen LogP) is 1.53. The minimum absolute atomic E-state index is 0.267. The lowest BCUT2D eigenvalue weighted by atomic mass is 10.2. The van der Waals surface area contributed by atoms with Gasteiger partial charge in [0, 0.05) is 17.6 Å². The smallest absolute Gasteiger partial charge is 0.192 e. The maximum atomic E-state index is 5.85. The lowest BCUT2D eigenvalue weighted by Crippen LogP contribution is -2.36. The summed E-state index contributed by atoms with van der Waals surface area (Å²) in [6, 6.07) is 0.267. The van der Waals surface area contributed by atoms with Gasteiger partial charge in [0.2, 0.25) is 0 Å². The summed E-state index contributed by atoms with van der Waals surface area (Å²) >= 11 is 1.70. The largest absolute Gasteiger partial charge is 0.370 e. The van der Waals surface area contributed by atoms with Gasteiger partial charge in [-0.05, 0) is 13.3 Å². The molecule has 0 aromatic carbocycles. The van der Waals surface area contributed by atoms with Crippen LogP contribution in [0.1, 0.15) is 30.1 Å². The van der Waals surface area contributed by atoms with E-state index in [1.165, 1.54) is 0 Å². The van der Waals surface area contributed by atoms with Gasteiger partial charge in [-0.25, -0.2) is 4.98 Å². The fourth-order valence-corrected chi connectivity index (χ4v) is 2.68. The van der Waals surface area contributed by atoms with E-state index in [0.29, 0.717) is 5.96 Å². The molecule has 5 heteroatoms. The fraction of sp³-hybridized carbons (Fsp3) is 0.600. The normalized spacial score (nSPS) is 20.8. The molecule has 2 heterocycles. The molecule has 15 heavy (non-hydrogen) atoms. The Labute approximate surface area is 93.8 Å². The number of aromatic nitrogens is 1. The van der Waals surface area contributed by atoms with Crippen molar-refractivity contribution in [3.8, 4) is 0 Å². The molecule has 4 nitrogen and oxygen atoms in total. The van der Waals surface area contributed by atoms with Crippen LogP contribution in [-0.4, -0.2) is 28.9 Å². The van der Waals surface area contributed by atoms with E-state index in [1.807, 2.05) is 6.92 Å². The Morgan fingerprint density at radius 2 is 2.47 bits per heavy atom. The Morgan fingerprint density at radius 1 is 1.67 bits per heavy atom. The SMILES string of the molecule is CCCN1C(N)=NCC1c1nc(C)cs1. The third-order valence-electron chi connectivity index (χ3n) is 2.48. The Hall–Kier alpha value is -1.10. The Morgan fingerprint density at radius 3 is 3.07 bits per heavy atom. The van der Waals surface area contributed by atoms with Gasteiger partial charge in [0.25, 0.3) is 0 Å². The summed E-state index contributed by atoms with van der Waals surface area (Å²) in [4.78, 5) is 10.9. The van der Waals surface area contributed by atoms with Crippen molar-refractivity contribution >= 4 is 17.3 Å². The molecule has 1 aromatic heterocycles. The highest BCUT2D eigenvalue weighted by molar-refractivity contribution is 7.09. The Bertz CT molecular complexity index is 371. The van der Waals surface area contributed by atoms with Gasteiger partial charge in [-0.1, -0.05) is 6.92 Å². The van der Waals surface area contributed by atoms with Crippen molar-refractivity contribution in [3.63, 3.8) is 0 Å². The molecular weight excluding hydrogens is 208 g/mol. The molecule has 0 fully saturated rings. The zero-order valence-electron chi connectivity index (χ0n) is 9.10. The zero-order valence-corrected chi connectivity index (χ0v) is 9.92. The standard InChI is InChI=1S/C10H16N4S/c1-3-4-14-8(5-12-10(14)11)9-13-7(2)6-15-9/h6,8H,3-5H2,1-2H3,(H2,11,12). The molecule has 0 saturated heterocycles. The first-order valence-corrected chi connectivity index (χ1v) is 6.09. The van der Waals surface area contributed by atoms with Crippen LogP contribution >= 0.6 is 11.3 Å². The number of guanidine groups is 1. The van der Waals surface area contributed by atoms with Crippen molar-refractivity contribution in [1.82, 2.24) is 9.88 Å². The van der Waals surface area contributed by atoms with Crippen LogP contribution in [-0.2, 0) is 0 Å². The molecule has 1 aliphatic rings. The minimum atomic E-state index is 0.267. The van der Waals surface area contributed by atoms with Crippen molar-refractivity contribution in [3.05, 3.63) is 16.1 Å². The van der Waals surface area contributed by atoms with Gasteiger partial charge in [0.15, 0.2) is 5.96 Å². The summed E-state index contributed by atoms with van der Waals surface area (Å²) in [5, 5.41) is 3.21. The quantitative estimate of drug-likeness (QED) is 0.847. The van der Waals surface area contributed by atoms with E-state index in [0.717, 1.165) is 30.2 Å². The van der Waals surface area contributed by atoms with Crippen molar-refractivity contribution < 1.29 is 0 Å². The maximum Gasteiger partial charge on any atom is 0.192 e. The summed E-state index contributed by atoms with van der Waals surface area (Å²) in [5.74, 6) is 0.662. The van der Waals surface area contributed by atoms with Gasteiger partial charge >= 0.3 is 0 Å². The van der Waals surface area contributed by atoms with Crippen LogP contribution in [0.4, 0.5) is 0 Å². The predicted molar refractivity (Wildman–Crippen MR) is 63.1 cm³/mol. The number of hydrogen-bond donors (Lipinski definition) is 1. The monoisotopic (exact) mass is 224 g/mol. The van der Waals surface area contributed by atoms with Crippen LogP contribution in [0.3, 0.4) is 0 Å². The van der Waals surface area contributed by atoms with Gasteiger partial charge in [-0.2, -0.15) is 0 Å². The molecule has 1 unspecified atom stereocenters. The van der Waals surface area contributed by atoms with Crippen molar-refractivity contribution in [1.29, 1.82) is 0 Å². The van der Waals surface area contributed by atoms with E-state index in [4.69, 9.17) is 5.73 Å². The van der Waals surface area contributed by atoms with Crippen molar-refractivity contribution in [2.45, 2.75) is 26.3 Å². The summed E-state index contributed by atoms with van der Waals surface area (Å²) < 4.78 is 0. The first-order valence-electron chi connectivity index (χ1n) is 5.21. The third kappa shape index (κ3) is 1.97. The first-order chi connectivity index (χ1) is 7.22. The Balaban J connectivity index is 2.17. The van der Waals surface area contributed by atoms with Crippen LogP contribution in [0, 0.1) is 6.92 Å². The van der Waals surface area contributed by atoms with E-state index in [-0.39, 0.29) is 6.04 Å². The molecule has 1 atom stereocenters. The number of aliphatic imine (C=N–C) groups is 1. The summed E-state index contributed by atoms with van der Waals surface area (Å²) in [5.41, 5.74) is 6.93. The molecular formula is C10H16N4S. The highest BCUT2D eigenvalue weighted by atomic mass is 32.1. The molecule has 2 N–H and O–H groups in total. The average Bonchev–Trinajstić information content (AvgIpc) is 2.76. The van der Waals surface area contributed by atoms with Gasteiger partial charge in [0.05, 0.1) is 6.54 Å². The van der Waals surface area contributed by atoms with Crippen molar-refractivity contribution in [2.24, 2.45) is 10.7 Å². The molecule has 0 spiro atoms. The second-order valence-electron chi connectivity index (χ2n) is 3.74. The molecule has 0 bridgehead atoms. The number of hydrogen-bond acceptors (Lipinski definition) is 5. The van der Waals surface area contributed by atoms with Crippen LogP contribution < -0.4 is 5.73 Å². The molecule has 1 aromatic rings. The lowest BCUT2D eigenvalue weighted by molar-refractivity contribution is 0.346. The second kappa shape index (κ2) is 4.18. The van der Waals surface area contributed by atoms with Gasteiger partial charge in [-0.3, -0.25) is 4.99 Å². The van der Waals surface area contributed by atoms with Crippen LogP contribution in [0.25, 0.3) is 0 Å². The maximum absolute atomic E-state index is 5.85. The fourth-order valence-electron chi connectivity index (χ4n) is 1.78. The first kappa shape index (κ1) is 10.4. The van der Waals surface area contributed by atoms with E-state index < -0.39 is 0 Å². The molecule has 82 valence electrons. The van der Waals surface area contributed by atoms with Crippen LogP contribution in [0.2, 0.25) is 0 Å². The molecule has 0 amide bonds. The molecule has 0 aliphatic carbocycles. The molecule has 0 radical (unpaired) electrons. The van der Waals surface area contributed by atoms with E-state index in [9.17, 15) is 0 Å². The summed E-state index contributed by atoms with van der Waals surface area (Å²) in [6.07, 6.45) is 1.08. The average molecular weight is 224 g/mol. The van der Waals surface area contributed by atoms with Gasteiger partial charge < -0.3 is 10.6 Å². The molecule has 0 saturated carbocycles. The number of thiazole rings is 1. The van der Waals surface area contributed by atoms with Crippen LogP contribution in [0.15, 0.2) is 10.4 Å². The van der Waals surface area contributed by atoms with Gasteiger partial charge in [0.1, 0.15) is 11.0 Å². The number of rotatable bonds is 3. The molecule has 1 aliphatic heterocycles. The third-order valence-corrected chi connectivity index (χ3v) is 3.55. The molecule has 2 rings (SSSR count). The summed E-state index contributed by atoms with van der Waals surface area (Å²) in [6.45, 7) is 5.87. The van der Waals surface area contributed by atoms with E-state index in [2.05, 4.69) is 27.2 Å². The number of aryl methyl sites for hydroxylation is 1. The Kier molecular flexibility index (Phi) is 2.90. The highest BCUT2D eigenvalue weighted by Crippen LogP contribution is 2.27. The highest BCUT2D eigenvalue weighted by Gasteiger charge is 2.28. The van der Waals surface area contributed by atoms with Gasteiger partial charge in [-0.15, -0.1) is 11.3 Å². The zero-order chi connectivity index (χ0) is 10.8. The second-order valence-corrected chi connectivity index (χ2v) is 4.62. The number of nitrogens with two attached hydrogens (primary N) is 1. The van der Waals surface area contributed by atoms with Crippen LogP contribution in [0.5, 0.6) is 0 Å². The topological polar surface area (TPSA) is 54.5 Å². The lowest BCUT2D eigenvalue weighted by Gasteiger charge is -2.23. The van der Waals surface area contributed by atoms with E-state index in [1.54, 1.807) is 11.3 Å². The summed E-state index contributed by atoms with van der Waals surface area (Å²) in [7, 11) is 0. The van der Waals surface area contributed by atoms with Crippen molar-refractivity contribution in [2.75, 3.05) is 13.1 Å². The minimum Gasteiger partial charge on any atom is -0.370 e. The number of nitrogens with zero attached hydrogens (tertiary/aromatic N) is 3.